The van der Waals surface area contributed by atoms with Crippen LogP contribution in [0.15, 0.2) is 54.1 Å². The number of carbonyl (C=O) groups excluding carboxylic acids is 2. The molecule has 2 aromatic carbocycles. The van der Waals surface area contributed by atoms with Gasteiger partial charge < -0.3 is 20.2 Å². The predicted octanol–water partition coefficient (Wildman–Crippen LogP) is 4.06. The molecule has 2 N–H and O–H groups in total. The second kappa shape index (κ2) is 9.17. The van der Waals surface area contributed by atoms with E-state index in [-0.39, 0.29) is 23.0 Å². The van der Waals surface area contributed by atoms with Crippen LogP contribution in [0.1, 0.15) is 37.3 Å². The minimum absolute atomic E-state index is 0.155. The molecule has 0 aromatic heterocycles. The van der Waals surface area contributed by atoms with Crippen LogP contribution in [0.2, 0.25) is 0 Å². The van der Waals surface area contributed by atoms with E-state index in [1.165, 1.54) is 0 Å². The van der Waals surface area contributed by atoms with Crippen LogP contribution in [0, 0.1) is 5.92 Å². The summed E-state index contributed by atoms with van der Waals surface area (Å²) in [6.07, 6.45) is 0.625. The molecular formula is C26H31N3O3. The van der Waals surface area contributed by atoms with Gasteiger partial charge in [-0.2, -0.15) is 0 Å². The van der Waals surface area contributed by atoms with Crippen LogP contribution < -0.4 is 10.2 Å². The van der Waals surface area contributed by atoms with Crippen molar-refractivity contribution in [2.24, 2.45) is 5.92 Å². The van der Waals surface area contributed by atoms with Crippen molar-refractivity contribution in [2.45, 2.75) is 26.2 Å². The molecule has 6 heteroatoms. The summed E-state index contributed by atoms with van der Waals surface area (Å²) >= 11 is 0. The summed E-state index contributed by atoms with van der Waals surface area (Å²) in [5.41, 5.74) is 2.90. The molecule has 1 aliphatic heterocycles. The molecule has 0 radical (unpaired) electrons. The number of fused-ring (bicyclic) bond motifs is 1. The molecule has 0 spiro atoms. The number of Topliss-reactive ketones (excluding diaryl/α,β-unsaturated/α-hetero) is 1. The van der Waals surface area contributed by atoms with E-state index in [4.69, 9.17) is 0 Å². The maximum absolute atomic E-state index is 13.3. The molecule has 2 aliphatic rings. The highest BCUT2D eigenvalue weighted by Gasteiger charge is 2.37. The lowest BCUT2D eigenvalue weighted by molar-refractivity contribution is -0.121. The number of aliphatic hydroxyl groups is 1. The van der Waals surface area contributed by atoms with Crippen molar-refractivity contribution in [1.29, 1.82) is 0 Å². The maximum atomic E-state index is 13.3. The Morgan fingerprint density at radius 2 is 1.72 bits per heavy atom. The van der Waals surface area contributed by atoms with Gasteiger partial charge in [0, 0.05) is 49.0 Å². The Morgan fingerprint density at radius 3 is 2.38 bits per heavy atom. The van der Waals surface area contributed by atoms with Gasteiger partial charge in [0.25, 0.3) is 5.91 Å². The zero-order valence-corrected chi connectivity index (χ0v) is 19.0. The fraction of sp³-hybridized carbons (Fsp3) is 0.385. The van der Waals surface area contributed by atoms with Crippen LogP contribution in [0.4, 0.5) is 11.4 Å². The number of nitrogens with zero attached hydrogens (tertiary/aromatic N) is 2. The Kier molecular flexibility index (Phi) is 6.33. The lowest BCUT2D eigenvalue weighted by atomic mass is 9.77. The lowest BCUT2D eigenvalue weighted by Gasteiger charge is -2.34. The summed E-state index contributed by atoms with van der Waals surface area (Å²) in [4.78, 5) is 31.0. The van der Waals surface area contributed by atoms with Gasteiger partial charge in [-0.1, -0.05) is 38.1 Å². The van der Waals surface area contributed by atoms with Crippen LogP contribution in [-0.2, 0) is 9.59 Å². The molecule has 2 aromatic rings. The second-order valence-corrected chi connectivity index (χ2v) is 9.15. The summed E-state index contributed by atoms with van der Waals surface area (Å²) in [7, 11) is 2.12. The van der Waals surface area contributed by atoms with Gasteiger partial charge in [0.05, 0.1) is 0 Å². The minimum atomic E-state index is -0.567. The number of likely N-dealkylation sites (N-methyl/N-ethyl adjacent to an activating group) is 1. The summed E-state index contributed by atoms with van der Waals surface area (Å²) in [6, 6.07) is 14.9. The standard InChI is InChI=1S/C26H31N3O3/c1-17(2)16-22-20-6-4-5-7-21(20)24(30)23(25(22)31)26(32)27-18-8-10-19(11-9-18)29-14-12-28(3)13-15-29/h4-11,17,22,30H,12-16H2,1-3H3,(H,27,32). The first-order valence-corrected chi connectivity index (χ1v) is 11.3. The SMILES string of the molecule is CC(C)CC1C(=O)C(C(=O)Nc2ccc(N3CCN(C)CC3)cc2)=C(O)c2ccccc21. The number of aliphatic hydroxyl groups excluding tert-OH is 1. The van der Waals surface area contributed by atoms with Crippen LogP contribution >= 0.6 is 0 Å². The van der Waals surface area contributed by atoms with Gasteiger partial charge >= 0.3 is 0 Å². The number of amides is 1. The van der Waals surface area contributed by atoms with E-state index in [2.05, 4.69) is 36.0 Å². The second-order valence-electron chi connectivity index (χ2n) is 9.15. The first-order chi connectivity index (χ1) is 15.3. The topological polar surface area (TPSA) is 72.9 Å². The Hall–Kier alpha value is -3.12. The van der Waals surface area contributed by atoms with E-state index in [1.54, 1.807) is 6.07 Å². The zero-order valence-electron chi connectivity index (χ0n) is 19.0. The summed E-state index contributed by atoms with van der Waals surface area (Å²) in [5, 5.41) is 13.6. The van der Waals surface area contributed by atoms with Crippen molar-refractivity contribution in [2.75, 3.05) is 43.4 Å². The molecule has 1 heterocycles. The number of ketones is 1. The molecule has 32 heavy (non-hydrogen) atoms. The van der Waals surface area contributed by atoms with E-state index in [9.17, 15) is 14.7 Å². The van der Waals surface area contributed by atoms with Gasteiger partial charge in [-0.3, -0.25) is 9.59 Å². The number of benzene rings is 2. The number of carbonyl (C=O) groups is 2. The highest BCUT2D eigenvalue weighted by Crippen LogP contribution is 2.38. The number of hydrogen-bond donors (Lipinski definition) is 2. The molecule has 1 atom stereocenters. The van der Waals surface area contributed by atoms with E-state index in [1.807, 2.05) is 42.5 Å². The largest absolute Gasteiger partial charge is 0.506 e. The smallest absolute Gasteiger partial charge is 0.263 e. The molecule has 0 saturated carbocycles. The average Bonchev–Trinajstić information content (AvgIpc) is 2.78. The van der Waals surface area contributed by atoms with Crippen LogP contribution in [0.5, 0.6) is 0 Å². The summed E-state index contributed by atoms with van der Waals surface area (Å²) in [6.45, 7) is 8.08. The van der Waals surface area contributed by atoms with Gasteiger partial charge in [-0.25, -0.2) is 0 Å². The van der Waals surface area contributed by atoms with Gasteiger partial charge in [-0.05, 0) is 49.2 Å². The van der Waals surface area contributed by atoms with E-state index >= 15 is 0 Å². The molecule has 1 amide bonds. The van der Waals surface area contributed by atoms with Crippen LogP contribution in [0.3, 0.4) is 0 Å². The Bertz CT molecular complexity index is 1030. The van der Waals surface area contributed by atoms with Gasteiger partial charge in [0.2, 0.25) is 0 Å². The quantitative estimate of drug-likeness (QED) is 0.696. The molecule has 1 aliphatic carbocycles. The fourth-order valence-electron chi connectivity index (χ4n) is 4.52. The average molecular weight is 434 g/mol. The third-order valence-electron chi connectivity index (χ3n) is 6.32. The monoisotopic (exact) mass is 433 g/mol. The normalized spacial score (nSPS) is 19.3. The molecule has 1 unspecified atom stereocenters. The molecular weight excluding hydrogens is 402 g/mol. The highest BCUT2D eigenvalue weighted by atomic mass is 16.3. The number of rotatable bonds is 5. The first-order valence-electron chi connectivity index (χ1n) is 11.3. The number of piperazine rings is 1. The lowest BCUT2D eigenvalue weighted by Crippen LogP contribution is -2.44. The minimum Gasteiger partial charge on any atom is -0.506 e. The van der Waals surface area contributed by atoms with E-state index < -0.39 is 11.8 Å². The molecule has 0 bridgehead atoms. The number of nitrogens with one attached hydrogen (secondary N) is 1. The van der Waals surface area contributed by atoms with E-state index in [0.29, 0.717) is 17.7 Å². The van der Waals surface area contributed by atoms with Crippen molar-refractivity contribution >= 4 is 28.8 Å². The molecule has 6 nitrogen and oxygen atoms in total. The Balaban J connectivity index is 1.55. The van der Waals surface area contributed by atoms with Crippen LogP contribution in [0.25, 0.3) is 5.76 Å². The van der Waals surface area contributed by atoms with Crippen LogP contribution in [-0.4, -0.2) is 54.9 Å². The maximum Gasteiger partial charge on any atom is 0.263 e. The number of anilines is 2. The summed E-state index contributed by atoms with van der Waals surface area (Å²) < 4.78 is 0. The van der Waals surface area contributed by atoms with Crippen molar-refractivity contribution < 1.29 is 14.7 Å². The molecule has 1 fully saturated rings. The third kappa shape index (κ3) is 4.41. The van der Waals surface area contributed by atoms with Gasteiger partial charge in [0.15, 0.2) is 5.78 Å². The van der Waals surface area contributed by atoms with Gasteiger partial charge in [0.1, 0.15) is 11.3 Å². The summed E-state index contributed by atoms with van der Waals surface area (Å²) in [5.74, 6) is -1.27. The van der Waals surface area contributed by atoms with Crippen molar-refractivity contribution in [3.8, 4) is 0 Å². The molecule has 168 valence electrons. The van der Waals surface area contributed by atoms with Crippen molar-refractivity contribution in [3.05, 3.63) is 65.2 Å². The highest BCUT2D eigenvalue weighted by molar-refractivity contribution is 6.30. The van der Waals surface area contributed by atoms with Crippen molar-refractivity contribution in [3.63, 3.8) is 0 Å². The predicted molar refractivity (Wildman–Crippen MR) is 128 cm³/mol. The Labute approximate surface area is 189 Å². The zero-order chi connectivity index (χ0) is 22.8. The third-order valence-corrected chi connectivity index (χ3v) is 6.32. The molecule has 4 rings (SSSR count). The van der Waals surface area contributed by atoms with E-state index in [0.717, 1.165) is 37.4 Å². The number of hydrogen-bond acceptors (Lipinski definition) is 5. The molecule has 1 saturated heterocycles. The van der Waals surface area contributed by atoms with Crippen molar-refractivity contribution in [1.82, 2.24) is 4.90 Å². The first kappa shape index (κ1) is 22.1. The van der Waals surface area contributed by atoms with Gasteiger partial charge in [-0.15, -0.1) is 0 Å². The Morgan fingerprint density at radius 1 is 1.06 bits per heavy atom. The fourth-order valence-corrected chi connectivity index (χ4v) is 4.52.